The van der Waals surface area contributed by atoms with Crippen LogP contribution in [0.25, 0.3) is 0 Å². The van der Waals surface area contributed by atoms with Crippen LogP contribution >= 0.6 is 0 Å². The van der Waals surface area contributed by atoms with E-state index in [-0.39, 0.29) is 6.29 Å². The monoisotopic (exact) mass is 170 g/mol. The van der Waals surface area contributed by atoms with E-state index in [1.807, 2.05) is 6.92 Å². The van der Waals surface area contributed by atoms with E-state index in [2.05, 4.69) is 13.0 Å². The minimum atomic E-state index is 0.0497. The number of allylic oxidation sites excluding steroid dienone is 1. The predicted octanol–water partition coefficient (Wildman–Crippen LogP) is 2.50. The maximum absolute atomic E-state index is 5.55. The minimum absolute atomic E-state index is 0.0497. The first-order valence-electron chi connectivity index (χ1n) is 4.68. The molecule has 0 N–H and O–H groups in total. The molecule has 0 aliphatic carbocycles. The summed E-state index contributed by atoms with van der Waals surface area (Å²) in [5.41, 5.74) is 1.27. The topological polar surface area (TPSA) is 18.5 Å². The van der Waals surface area contributed by atoms with Crippen LogP contribution in [0.3, 0.4) is 0 Å². The van der Waals surface area contributed by atoms with Gasteiger partial charge in [0.1, 0.15) is 0 Å². The fraction of sp³-hybridized carbons (Fsp3) is 0.800. The summed E-state index contributed by atoms with van der Waals surface area (Å²) >= 11 is 0. The smallest absolute Gasteiger partial charge is 0.158 e. The van der Waals surface area contributed by atoms with Crippen LogP contribution in [-0.2, 0) is 9.47 Å². The molecule has 12 heavy (non-hydrogen) atoms. The Hall–Kier alpha value is -0.340. The van der Waals surface area contributed by atoms with E-state index in [9.17, 15) is 0 Å². The van der Waals surface area contributed by atoms with Crippen LogP contribution in [0.15, 0.2) is 11.6 Å². The van der Waals surface area contributed by atoms with Crippen LogP contribution in [0.5, 0.6) is 0 Å². The van der Waals surface area contributed by atoms with Gasteiger partial charge in [0.25, 0.3) is 0 Å². The highest BCUT2D eigenvalue weighted by Crippen LogP contribution is 2.14. The molecule has 1 unspecified atom stereocenters. The van der Waals surface area contributed by atoms with Gasteiger partial charge < -0.3 is 9.47 Å². The van der Waals surface area contributed by atoms with E-state index in [1.54, 1.807) is 0 Å². The molecule has 1 aliphatic heterocycles. The van der Waals surface area contributed by atoms with Gasteiger partial charge in [-0.1, -0.05) is 11.6 Å². The Bertz CT molecular complexity index is 146. The van der Waals surface area contributed by atoms with Gasteiger partial charge in [-0.2, -0.15) is 0 Å². The van der Waals surface area contributed by atoms with Crippen LogP contribution in [0.4, 0.5) is 0 Å². The van der Waals surface area contributed by atoms with Gasteiger partial charge in [0.05, 0.1) is 6.61 Å². The van der Waals surface area contributed by atoms with Gasteiger partial charge in [-0.25, -0.2) is 0 Å². The van der Waals surface area contributed by atoms with E-state index in [4.69, 9.17) is 9.47 Å². The second-order valence-corrected chi connectivity index (χ2v) is 3.24. The lowest BCUT2D eigenvalue weighted by molar-refractivity contribution is -0.156. The summed E-state index contributed by atoms with van der Waals surface area (Å²) in [6.45, 7) is 5.67. The Labute approximate surface area is 74.6 Å². The molecule has 0 aromatic rings. The maximum atomic E-state index is 5.55. The van der Waals surface area contributed by atoms with Gasteiger partial charge in [0, 0.05) is 6.61 Å². The van der Waals surface area contributed by atoms with Crippen molar-refractivity contribution in [3.63, 3.8) is 0 Å². The average molecular weight is 170 g/mol. The van der Waals surface area contributed by atoms with Gasteiger partial charge in [-0.05, 0) is 33.1 Å². The third kappa shape index (κ3) is 3.37. The van der Waals surface area contributed by atoms with Crippen molar-refractivity contribution >= 4 is 0 Å². The molecule has 1 heterocycles. The molecule has 2 nitrogen and oxygen atoms in total. The van der Waals surface area contributed by atoms with E-state index >= 15 is 0 Å². The van der Waals surface area contributed by atoms with Crippen LogP contribution in [0, 0.1) is 0 Å². The second kappa shape index (κ2) is 5.33. The zero-order valence-corrected chi connectivity index (χ0v) is 8.01. The van der Waals surface area contributed by atoms with Crippen LogP contribution in [0.2, 0.25) is 0 Å². The Morgan fingerprint density at radius 3 is 3.00 bits per heavy atom. The summed E-state index contributed by atoms with van der Waals surface area (Å²) in [5, 5.41) is 0. The van der Waals surface area contributed by atoms with Crippen LogP contribution in [-0.4, -0.2) is 19.5 Å². The van der Waals surface area contributed by atoms with Crippen molar-refractivity contribution in [2.45, 2.75) is 39.4 Å². The lowest BCUT2D eigenvalue weighted by Crippen LogP contribution is -2.22. The molecule has 1 atom stereocenters. The van der Waals surface area contributed by atoms with E-state index in [0.29, 0.717) is 6.61 Å². The summed E-state index contributed by atoms with van der Waals surface area (Å²) in [6, 6.07) is 0. The summed E-state index contributed by atoms with van der Waals surface area (Å²) in [7, 11) is 0. The molecule has 0 amide bonds. The highest BCUT2D eigenvalue weighted by Gasteiger charge is 2.13. The quantitative estimate of drug-likeness (QED) is 0.606. The number of hydrogen-bond donors (Lipinski definition) is 0. The van der Waals surface area contributed by atoms with E-state index < -0.39 is 0 Å². The first kappa shape index (κ1) is 9.75. The minimum Gasteiger partial charge on any atom is -0.353 e. The first-order chi connectivity index (χ1) is 5.83. The number of hydrogen-bond acceptors (Lipinski definition) is 2. The van der Waals surface area contributed by atoms with Crippen molar-refractivity contribution in [1.29, 1.82) is 0 Å². The van der Waals surface area contributed by atoms with Crippen molar-refractivity contribution in [2.24, 2.45) is 0 Å². The highest BCUT2D eigenvalue weighted by molar-refractivity contribution is 4.95. The average Bonchev–Trinajstić information content (AvgIpc) is 2.16. The molecule has 0 radical (unpaired) electrons. The molecular formula is C10H18O2. The Morgan fingerprint density at radius 2 is 2.42 bits per heavy atom. The molecule has 0 aromatic carbocycles. The lowest BCUT2D eigenvalue weighted by Gasteiger charge is -2.22. The molecule has 1 aliphatic rings. The van der Waals surface area contributed by atoms with E-state index in [0.717, 1.165) is 13.0 Å². The molecule has 2 heteroatoms. The van der Waals surface area contributed by atoms with Gasteiger partial charge in [0.15, 0.2) is 6.29 Å². The largest absolute Gasteiger partial charge is 0.353 e. The van der Waals surface area contributed by atoms with E-state index in [1.165, 1.54) is 18.4 Å². The lowest BCUT2D eigenvalue weighted by atomic mass is 10.2. The second-order valence-electron chi connectivity index (χ2n) is 3.24. The normalized spacial score (nSPS) is 25.8. The predicted molar refractivity (Wildman–Crippen MR) is 49.0 cm³/mol. The van der Waals surface area contributed by atoms with Crippen LogP contribution in [0.1, 0.15) is 33.1 Å². The molecule has 70 valence electrons. The summed E-state index contributed by atoms with van der Waals surface area (Å²) < 4.78 is 11.0. The highest BCUT2D eigenvalue weighted by atomic mass is 16.7. The Kier molecular flexibility index (Phi) is 4.33. The number of rotatable bonds is 3. The maximum Gasteiger partial charge on any atom is 0.158 e. The SMILES string of the molecule is CC=C(C)COC1CCCCO1. The molecule has 0 aromatic heterocycles. The summed E-state index contributed by atoms with van der Waals surface area (Å²) in [5.74, 6) is 0. The fourth-order valence-corrected chi connectivity index (χ4v) is 1.15. The van der Waals surface area contributed by atoms with Gasteiger partial charge in [-0.3, -0.25) is 0 Å². The molecule has 1 rings (SSSR count). The van der Waals surface area contributed by atoms with Gasteiger partial charge in [-0.15, -0.1) is 0 Å². The number of ether oxygens (including phenoxy) is 2. The summed E-state index contributed by atoms with van der Waals surface area (Å²) in [4.78, 5) is 0. The van der Waals surface area contributed by atoms with Crippen LogP contribution < -0.4 is 0 Å². The summed E-state index contributed by atoms with van der Waals surface area (Å²) in [6.07, 6.45) is 5.59. The molecule has 0 saturated carbocycles. The molecular weight excluding hydrogens is 152 g/mol. The van der Waals surface area contributed by atoms with Crippen molar-refractivity contribution in [3.8, 4) is 0 Å². The Morgan fingerprint density at radius 1 is 1.58 bits per heavy atom. The first-order valence-corrected chi connectivity index (χ1v) is 4.68. The zero-order chi connectivity index (χ0) is 8.81. The molecule has 1 fully saturated rings. The van der Waals surface area contributed by atoms with Crippen molar-refractivity contribution in [1.82, 2.24) is 0 Å². The molecule has 1 saturated heterocycles. The molecule has 0 spiro atoms. The fourth-order valence-electron chi connectivity index (χ4n) is 1.15. The third-order valence-electron chi connectivity index (χ3n) is 2.13. The zero-order valence-electron chi connectivity index (χ0n) is 8.01. The van der Waals surface area contributed by atoms with Gasteiger partial charge >= 0.3 is 0 Å². The van der Waals surface area contributed by atoms with Gasteiger partial charge in [0.2, 0.25) is 0 Å². The Balaban J connectivity index is 2.13. The van der Waals surface area contributed by atoms with Crippen molar-refractivity contribution < 1.29 is 9.47 Å². The van der Waals surface area contributed by atoms with Crippen molar-refractivity contribution in [3.05, 3.63) is 11.6 Å². The van der Waals surface area contributed by atoms with Crippen molar-refractivity contribution in [2.75, 3.05) is 13.2 Å². The third-order valence-corrected chi connectivity index (χ3v) is 2.13. The standard InChI is InChI=1S/C10H18O2/c1-3-9(2)8-12-10-6-4-5-7-11-10/h3,10H,4-8H2,1-2H3. The molecule has 0 bridgehead atoms.